The zero-order chi connectivity index (χ0) is 22.7. The summed E-state index contributed by atoms with van der Waals surface area (Å²) in [5.74, 6) is 0.835. The summed E-state index contributed by atoms with van der Waals surface area (Å²) in [5.41, 5.74) is -0.00168. The van der Waals surface area contributed by atoms with Gasteiger partial charge in [-0.3, -0.25) is 9.59 Å². The van der Waals surface area contributed by atoms with Crippen molar-refractivity contribution in [3.63, 3.8) is 0 Å². The molecule has 0 radical (unpaired) electrons. The number of nitrogens with one attached hydrogen (secondary N) is 2. The fraction of sp³-hybridized carbons (Fsp3) is 0.640. The van der Waals surface area contributed by atoms with Crippen LogP contribution in [0.4, 0.5) is 4.79 Å². The minimum absolute atomic E-state index is 0.0897. The minimum atomic E-state index is -0.914. The standard InChI is InChI=1S/C25H35N3O4/c1-17(20-8-9-20)26-22(29)14-25(23(30)27-18(2)21-10-11-21)12-13-28(16-25)24(31)32-15-19-6-4-3-5-7-19/h3-7,17-18,20-21H,8-16H2,1-2H3,(H,26,29)(H,27,30)/t17-,18-,25-/m0/s1. The number of amides is 3. The molecule has 7 heteroatoms. The van der Waals surface area contributed by atoms with Gasteiger partial charge >= 0.3 is 6.09 Å². The van der Waals surface area contributed by atoms with E-state index in [0.29, 0.717) is 24.8 Å². The predicted molar refractivity (Wildman–Crippen MR) is 121 cm³/mol. The van der Waals surface area contributed by atoms with Crippen molar-refractivity contribution >= 4 is 17.9 Å². The lowest BCUT2D eigenvalue weighted by Gasteiger charge is -2.30. The molecule has 1 aliphatic heterocycles. The topological polar surface area (TPSA) is 87.7 Å². The Kier molecular flexibility index (Phi) is 6.72. The van der Waals surface area contributed by atoms with Gasteiger partial charge in [0.25, 0.3) is 0 Å². The third kappa shape index (κ3) is 5.61. The molecule has 3 aliphatic rings. The first-order valence-electron chi connectivity index (χ1n) is 11.9. The molecule has 0 spiro atoms. The van der Waals surface area contributed by atoms with E-state index in [-0.39, 0.29) is 43.5 Å². The average Bonchev–Trinajstić information content (AvgIpc) is 3.69. The molecule has 2 aliphatic carbocycles. The van der Waals surface area contributed by atoms with Crippen molar-refractivity contribution in [2.45, 2.75) is 71.1 Å². The third-order valence-corrected chi connectivity index (χ3v) is 7.20. The Hall–Kier alpha value is -2.57. The van der Waals surface area contributed by atoms with Crippen LogP contribution in [0, 0.1) is 17.3 Å². The Morgan fingerprint density at radius 1 is 1.03 bits per heavy atom. The Morgan fingerprint density at radius 2 is 1.66 bits per heavy atom. The number of carbonyl (C=O) groups is 3. The second kappa shape index (κ2) is 9.51. The van der Waals surface area contributed by atoms with Crippen molar-refractivity contribution in [1.29, 1.82) is 0 Å². The number of nitrogens with zero attached hydrogens (tertiary/aromatic N) is 1. The van der Waals surface area contributed by atoms with Gasteiger partial charge in [-0.05, 0) is 63.4 Å². The van der Waals surface area contributed by atoms with E-state index in [9.17, 15) is 14.4 Å². The monoisotopic (exact) mass is 441 g/mol. The zero-order valence-electron chi connectivity index (χ0n) is 19.1. The maximum absolute atomic E-state index is 13.4. The van der Waals surface area contributed by atoms with E-state index < -0.39 is 11.5 Å². The molecule has 3 atom stereocenters. The summed E-state index contributed by atoms with van der Waals surface area (Å²) in [4.78, 5) is 40.5. The molecule has 2 saturated carbocycles. The third-order valence-electron chi connectivity index (χ3n) is 7.20. The van der Waals surface area contributed by atoms with Crippen LogP contribution in [0.5, 0.6) is 0 Å². The van der Waals surface area contributed by atoms with Gasteiger partial charge in [-0.1, -0.05) is 30.3 Å². The van der Waals surface area contributed by atoms with Crippen molar-refractivity contribution in [3.8, 4) is 0 Å². The molecule has 3 fully saturated rings. The van der Waals surface area contributed by atoms with Crippen LogP contribution in [0.2, 0.25) is 0 Å². The number of benzene rings is 1. The average molecular weight is 442 g/mol. The van der Waals surface area contributed by atoms with Gasteiger partial charge in [0.05, 0.1) is 5.41 Å². The molecule has 174 valence electrons. The molecule has 7 nitrogen and oxygen atoms in total. The highest BCUT2D eigenvalue weighted by molar-refractivity contribution is 5.90. The highest BCUT2D eigenvalue weighted by Gasteiger charge is 2.49. The van der Waals surface area contributed by atoms with Gasteiger partial charge in [0, 0.05) is 31.6 Å². The zero-order valence-corrected chi connectivity index (χ0v) is 19.1. The summed E-state index contributed by atoms with van der Waals surface area (Å²) in [6.07, 6.45) is 4.67. The summed E-state index contributed by atoms with van der Waals surface area (Å²) in [7, 11) is 0. The summed E-state index contributed by atoms with van der Waals surface area (Å²) < 4.78 is 5.48. The Labute approximate surface area is 190 Å². The van der Waals surface area contributed by atoms with Crippen LogP contribution in [-0.4, -0.2) is 48.0 Å². The number of likely N-dealkylation sites (tertiary alicyclic amines) is 1. The smallest absolute Gasteiger partial charge is 0.410 e. The highest BCUT2D eigenvalue weighted by Crippen LogP contribution is 2.38. The fourth-order valence-corrected chi connectivity index (χ4v) is 4.65. The van der Waals surface area contributed by atoms with Gasteiger partial charge in [0.2, 0.25) is 11.8 Å². The fourth-order valence-electron chi connectivity index (χ4n) is 4.65. The van der Waals surface area contributed by atoms with Crippen LogP contribution >= 0.6 is 0 Å². The first kappa shape index (κ1) is 22.6. The van der Waals surface area contributed by atoms with Gasteiger partial charge in [-0.25, -0.2) is 4.79 Å². The van der Waals surface area contributed by atoms with Gasteiger partial charge in [-0.2, -0.15) is 0 Å². The van der Waals surface area contributed by atoms with Crippen LogP contribution in [0.3, 0.4) is 0 Å². The molecular weight excluding hydrogens is 406 g/mol. The second-order valence-corrected chi connectivity index (χ2v) is 9.96. The van der Waals surface area contributed by atoms with Gasteiger partial charge in [0.15, 0.2) is 0 Å². The Balaban J connectivity index is 1.39. The minimum Gasteiger partial charge on any atom is -0.445 e. The van der Waals surface area contributed by atoms with Gasteiger partial charge < -0.3 is 20.3 Å². The molecule has 1 aromatic carbocycles. The number of carbonyl (C=O) groups excluding carboxylic acids is 3. The Morgan fingerprint density at radius 3 is 2.28 bits per heavy atom. The van der Waals surface area contributed by atoms with Crippen LogP contribution in [0.15, 0.2) is 30.3 Å². The molecular formula is C25H35N3O4. The van der Waals surface area contributed by atoms with Gasteiger partial charge in [0.1, 0.15) is 6.61 Å². The normalized spacial score (nSPS) is 24.5. The van der Waals surface area contributed by atoms with E-state index in [1.54, 1.807) is 4.90 Å². The van der Waals surface area contributed by atoms with Crippen molar-refractivity contribution in [3.05, 3.63) is 35.9 Å². The molecule has 1 saturated heterocycles. The van der Waals surface area contributed by atoms with E-state index >= 15 is 0 Å². The molecule has 2 N–H and O–H groups in total. The molecule has 1 aromatic rings. The first-order chi connectivity index (χ1) is 15.4. The van der Waals surface area contributed by atoms with Crippen LogP contribution in [-0.2, 0) is 20.9 Å². The largest absolute Gasteiger partial charge is 0.445 e. The molecule has 32 heavy (non-hydrogen) atoms. The predicted octanol–water partition coefficient (Wildman–Crippen LogP) is 3.23. The van der Waals surface area contributed by atoms with E-state index in [1.165, 1.54) is 0 Å². The molecule has 4 rings (SSSR count). The Bertz CT molecular complexity index is 837. The number of hydrogen-bond acceptors (Lipinski definition) is 4. The van der Waals surface area contributed by atoms with E-state index in [2.05, 4.69) is 10.6 Å². The van der Waals surface area contributed by atoms with Crippen molar-refractivity contribution in [1.82, 2.24) is 15.5 Å². The van der Waals surface area contributed by atoms with Crippen LogP contribution in [0.25, 0.3) is 0 Å². The number of ether oxygens (including phenoxy) is 1. The van der Waals surface area contributed by atoms with E-state index in [1.807, 2.05) is 44.2 Å². The molecule has 0 aromatic heterocycles. The lowest BCUT2D eigenvalue weighted by atomic mass is 9.81. The van der Waals surface area contributed by atoms with Crippen molar-refractivity contribution in [2.24, 2.45) is 17.3 Å². The summed E-state index contributed by atoms with van der Waals surface area (Å²) >= 11 is 0. The molecule has 1 heterocycles. The van der Waals surface area contributed by atoms with Crippen LogP contribution in [0.1, 0.15) is 57.9 Å². The lowest BCUT2D eigenvalue weighted by molar-refractivity contribution is -0.136. The van der Waals surface area contributed by atoms with Crippen molar-refractivity contribution < 1.29 is 19.1 Å². The maximum atomic E-state index is 13.4. The molecule has 3 amide bonds. The first-order valence-corrected chi connectivity index (χ1v) is 11.9. The number of rotatable bonds is 9. The van der Waals surface area contributed by atoms with Gasteiger partial charge in [-0.15, -0.1) is 0 Å². The molecule has 0 unspecified atom stereocenters. The maximum Gasteiger partial charge on any atom is 0.410 e. The molecule has 0 bridgehead atoms. The number of hydrogen-bond donors (Lipinski definition) is 2. The van der Waals surface area contributed by atoms with Crippen LogP contribution < -0.4 is 10.6 Å². The quantitative estimate of drug-likeness (QED) is 0.616. The lowest BCUT2D eigenvalue weighted by Crippen LogP contribution is -2.50. The van der Waals surface area contributed by atoms with E-state index in [0.717, 1.165) is 31.2 Å². The van der Waals surface area contributed by atoms with E-state index in [4.69, 9.17) is 4.74 Å². The van der Waals surface area contributed by atoms with Crippen molar-refractivity contribution in [2.75, 3.05) is 13.1 Å². The summed E-state index contributed by atoms with van der Waals surface area (Å²) in [5, 5.41) is 6.21. The summed E-state index contributed by atoms with van der Waals surface area (Å²) in [6, 6.07) is 9.73. The highest BCUT2D eigenvalue weighted by atomic mass is 16.6. The second-order valence-electron chi connectivity index (χ2n) is 9.96. The summed E-state index contributed by atoms with van der Waals surface area (Å²) in [6.45, 7) is 4.85. The SMILES string of the molecule is C[C@H](NC(=O)C[C@@]1(C(=O)N[C@@H](C)C2CC2)CCN(C(=O)OCc2ccccc2)C1)C1CC1.